The van der Waals surface area contributed by atoms with Crippen LogP contribution in [0.3, 0.4) is 0 Å². The van der Waals surface area contributed by atoms with Crippen molar-refractivity contribution in [3.63, 3.8) is 0 Å². The number of rotatable bonds is 0. The molecule has 0 radical (unpaired) electrons. The molecule has 3 aliphatic rings. The van der Waals surface area contributed by atoms with Crippen molar-refractivity contribution >= 4 is 0 Å². The largest absolute Gasteiger partial charge is 0.313 e. The summed E-state index contributed by atoms with van der Waals surface area (Å²) in [6.45, 7) is 8.54. The molecule has 4 unspecified atom stereocenters. The maximum Gasteiger partial charge on any atom is 0.0163 e. The third-order valence-corrected chi connectivity index (χ3v) is 5.03. The average molecular weight is 179 g/mol. The van der Waals surface area contributed by atoms with E-state index >= 15 is 0 Å². The maximum atomic E-state index is 3.73. The normalized spacial score (nSPS) is 53.3. The first-order valence-corrected chi connectivity index (χ1v) is 5.79. The summed E-state index contributed by atoms with van der Waals surface area (Å²) < 4.78 is 0. The Bertz CT molecular complexity index is 240. The van der Waals surface area contributed by atoms with Crippen LogP contribution < -0.4 is 5.32 Å². The minimum atomic E-state index is 0.524. The highest BCUT2D eigenvalue weighted by Crippen LogP contribution is 2.71. The number of hydrogen-bond donors (Lipinski definition) is 1. The summed E-state index contributed by atoms with van der Waals surface area (Å²) in [7, 11) is 0. The summed E-state index contributed by atoms with van der Waals surface area (Å²) in [4.78, 5) is 0. The van der Waals surface area contributed by atoms with Gasteiger partial charge in [0, 0.05) is 6.04 Å². The van der Waals surface area contributed by atoms with Crippen LogP contribution in [0.4, 0.5) is 0 Å². The second-order valence-corrected chi connectivity index (χ2v) is 6.45. The molecule has 74 valence electrons. The molecule has 4 atom stereocenters. The van der Waals surface area contributed by atoms with Crippen LogP contribution in [0.2, 0.25) is 0 Å². The molecule has 1 heteroatoms. The van der Waals surface area contributed by atoms with Crippen molar-refractivity contribution < 1.29 is 0 Å². The summed E-state index contributed by atoms with van der Waals surface area (Å²) in [5.41, 5.74) is 1.31. The van der Waals surface area contributed by atoms with Crippen molar-refractivity contribution in [2.45, 2.75) is 46.1 Å². The van der Waals surface area contributed by atoms with E-state index in [9.17, 15) is 0 Å². The smallest absolute Gasteiger partial charge is 0.0163 e. The molecule has 0 bridgehead atoms. The lowest BCUT2D eigenvalue weighted by molar-refractivity contribution is -0.183. The van der Waals surface area contributed by atoms with Crippen LogP contribution in [0.5, 0.6) is 0 Å². The van der Waals surface area contributed by atoms with E-state index in [1.54, 1.807) is 0 Å². The molecule has 0 aromatic carbocycles. The van der Waals surface area contributed by atoms with E-state index < -0.39 is 0 Å². The fourth-order valence-electron chi connectivity index (χ4n) is 4.44. The lowest BCUT2D eigenvalue weighted by Gasteiger charge is -2.69. The molecule has 0 aromatic rings. The summed E-state index contributed by atoms with van der Waals surface area (Å²) in [6.07, 6.45) is 4.50. The molecule has 1 heterocycles. The van der Waals surface area contributed by atoms with Crippen molar-refractivity contribution in [1.82, 2.24) is 5.32 Å². The molecular formula is C12H21N. The Morgan fingerprint density at radius 1 is 1.23 bits per heavy atom. The molecule has 2 aliphatic carbocycles. The summed E-state index contributed by atoms with van der Waals surface area (Å²) in [5.74, 6) is 2.04. The number of nitrogens with one attached hydrogen (secondary N) is 1. The number of hydrogen-bond acceptors (Lipinski definition) is 1. The standard InChI is InChI=1S/C12H21N/c1-11(2,3)9-8-4-5-12(8)6-7-13-10(9)12/h8-10,13H,4-7H2,1-3H3. The molecule has 1 N–H and O–H groups in total. The lowest BCUT2D eigenvalue weighted by atomic mass is 9.36. The van der Waals surface area contributed by atoms with E-state index in [1.807, 2.05) is 0 Å². The van der Waals surface area contributed by atoms with Crippen molar-refractivity contribution in [1.29, 1.82) is 0 Å². The summed E-state index contributed by atoms with van der Waals surface area (Å²) in [6, 6.07) is 0.881. The van der Waals surface area contributed by atoms with E-state index in [1.165, 1.54) is 25.8 Å². The molecule has 1 saturated heterocycles. The molecule has 3 rings (SSSR count). The average Bonchev–Trinajstić information content (AvgIpc) is 2.38. The van der Waals surface area contributed by atoms with Gasteiger partial charge in [0.2, 0.25) is 0 Å². The van der Waals surface area contributed by atoms with Crippen LogP contribution in [-0.2, 0) is 0 Å². The highest BCUT2D eigenvalue weighted by Gasteiger charge is 2.70. The first-order chi connectivity index (χ1) is 6.06. The molecule has 0 aromatic heterocycles. The van der Waals surface area contributed by atoms with Gasteiger partial charge in [0.25, 0.3) is 0 Å². The first-order valence-electron chi connectivity index (χ1n) is 5.79. The summed E-state index contributed by atoms with van der Waals surface area (Å²) in [5, 5.41) is 3.73. The Balaban J connectivity index is 1.87. The second kappa shape index (κ2) is 2.13. The van der Waals surface area contributed by atoms with Gasteiger partial charge in [-0.1, -0.05) is 20.8 Å². The SMILES string of the molecule is CC(C)(C)C1C2CCC23CCNC13. The molecule has 13 heavy (non-hydrogen) atoms. The highest BCUT2D eigenvalue weighted by atomic mass is 15.1. The summed E-state index contributed by atoms with van der Waals surface area (Å²) >= 11 is 0. The zero-order valence-electron chi connectivity index (χ0n) is 9.06. The molecule has 1 aliphatic heterocycles. The minimum absolute atomic E-state index is 0.524. The van der Waals surface area contributed by atoms with Crippen LogP contribution in [0.1, 0.15) is 40.0 Å². The van der Waals surface area contributed by atoms with Crippen LogP contribution >= 0.6 is 0 Å². The van der Waals surface area contributed by atoms with Crippen molar-refractivity contribution in [2.75, 3.05) is 6.54 Å². The van der Waals surface area contributed by atoms with Gasteiger partial charge in [-0.15, -0.1) is 0 Å². The van der Waals surface area contributed by atoms with Crippen LogP contribution in [-0.4, -0.2) is 12.6 Å². The van der Waals surface area contributed by atoms with Gasteiger partial charge < -0.3 is 5.32 Å². The Kier molecular flexibility index (Phi) is 1.36. The monoisotopic (exact) mass is 179 g/mol. The van der Waals surface area contributed by atoms with Gasteiger partial charge in [-0.2, -0.15) is 0 Å². The van der Waals surface area contributed by atoms with Crippen molar-refractivity contribution in [2.24, 2.45) is 22.7 Å². The van der Waals surface area contributed by atoms with Gasteiger partial charge in [-0.25, -0.2) is 0 Å². The van der Waals surface area contributed by atoms with E-state index in [0.717, 1.165) is 23.3 Å². The molecule has 0 amide bonds. The van der Waals surface area contributed by atoms with E-state index in [-0.39, 0.29) is 0 Å². The minimum Gasteiger partial charge on any atom is -0.313 e. The fourth-order valence-corrected chi connectivity index (χ4v) is 4.44. The highest BCUT2D eigenvalue weighted by molar-refractivity contribution is 5.22. The topological polar surface area (TPSA) is 12.0 Å². The molecule has 2 saturated carbocycles. The van der Waals surface area contributed by atoms with E-state index in [4.69, 9.17) is 0 Å². The van der Waals surface area contributed by atoms with Gasteiger partial charge in [-0.05, 0) is 48.5 Å². The van der Waals surface area contributed by atoms with Crippen molar-refractivity contribution in [3.8, 4) is 0 Å². The van der Waals surface area contributed by atoms with Crippen molar-refractivity contribution in [3.05, 3.63) is 0 Å². The predicted molar refractivity (Wildman–Crippen MR) is 54.5 cm³/mol. The maximum absolute atomic E-state index is 3.73. The second-order valence-electron chi connectivity index (χ2n) is 6.45. The van der Waals surface area contributed by atoms with E-state index in [0.29, 0.717) is 5.41 Å². The zero-order valence-corrected chi connectivity index (χ0v) is 9.06. The van der Waals surface area contributed by atoms with Crippen LogP contribution in [0.25, 0.3) is 0 Å². The quantitative estimate of drug-likeness (QED) is 0.602. The zero-order chi connectivity index (χ0) is 9.27. The fraction of sp³-hybridized carbons (Fsp3) is 1.00. The third-order valence-electron chi connectivity index (χ3n) is 5.03. The lowest BCUT2D eigenvalue weighted by Crippen LogP contribution is -2.70. The Hall–Kier alpha value is -0.0400. The molecule has 1 spiro atoms. The van der Waals surface area contributed by atoms with Crippen LogP contribution in [0, 0.1) is 22.7 Å². The van der Waals surface area contributed by atoms with Gasteiger partial charge in [0.05, 0.1) is 0 Å². The Morgan fingerprint density at radius 2 is 2.00 bits per heavy atom. The molecule has 1 nitrogen and oxygen atoms in total. The molecule has 3 fully saturated rings. The van der Waals surface area contributed by atoms with Gasteiger partial charge in [-0.3, -0.25) is 0 Å². The Morgan fingerprint density at radius 3 is 2.54 bits per heavy atom. The third kappa shape index (κ3) is 0.782. The first kappa shape index (κ1) is 8.28. The van der Waals surface area contributed by atoms with Gasteiger partial charge in [0.1, 0.15) is 0 Å². The predicted octanol–water partition coefficient (Wildman–Crippen LogP) is 2.42. The molecular weight excluding hydrogens is 158 g/mol. The van der Waals surface area contributed by atoms with E-state index in [2.05, 4.69) is 26.1 Å². The van der Waals surface area contributed by atoms with Gasteiger partial charge in [0.15, 0.2) is 0 Å². The van der Waals surface area contributed by atoms with Gasteiger partial charge >= 0.3 is 0 Å². The Labute approximate surface area is 81.3 Å². The van der Waals surface area contributed by atoms with Crippen LogP contribution in [0.15, 0.2) is 0 Å².